The van der Waals surface area contributed by atoms with Crippen LogP contribution in [0.1, 0.15) is 135 Å². The number of nitrogens with zero attached hydrogens (tertiary/aromatic N) is 4. The smallest absolute Gasteiger partial charge is 0.137 e. The molecule has 0 unspecified atom stereocenters. The molecule has 3 aliphatic rings. The van der Waals surface area contributed by atoms with Crippen LogP contribution in [0, 0.1) is 53.9 Å². The lowest BCUT2D eigenvalue weighted by molar-refractivity contribution is 0.203. The van der Waals surface area contributed by atoms with Gasteiger partial charge in [0.05, 0.1) is 37.7 Å². The Morgan fingerprint density at radius 2 is 1.22 bits per heavy atom. The fraction of sp³-hybridized carbons (Fsp3) is 0.344. The Balaban J connectivity index is 1.21. The number of aliphatic imine (C=N–C) groups is 1. The SMILES string of the molecule is Cc1cc(C)c(-c2cc(C3=N[C@]4(C)Cc5cc(C)c(C)cc5[C@]4(C(C)(C)C)S3)cc(N3c4ccc(C)cc4C(C)(C)c4cc5c6cc(C)ccc6n(-c6cc(C(C)(C)C)ccn6)c5cc43)c2)c(C)c1. The van der Waals surface area contributed by atoms with Gasteiger partial charge in [0, 0.05) is 33.6 Å². The van der Waals surface area contributed by atoms with E-state index in [1.807, 2.05) is 18.0 Å². The highest BCUT2D eigenvalue weighted by atomic mass is 32.2. The van der Waals surface area contributed by atoms with Crippen molar-refractivity contribution >= 4 is 55.7 Å². The molecule has 8 aromatic rings. The Morgan fingerprint density at radius 3 is 1.93 bits per heavy atom. The first-order valence-corrected chi connectivity index (χ1v) is 25.8. The number of anilines is 3. The molecule has 0 saturated heterocycles. The van der Waals surface area contributed by atoms with Crippen LogP contribution in [0.25, 0.3) is 38.8 Å². The molecule has 2 aliphatic heterocycles. The molecule has 0 radical (unpaired) electrons. The number of hydrogen-bond acceptors (Lipinski definition) is 4. The Hall–Kier alpha value is -5.91. The van der Waals surface area contributed by atoms with Gasteiger partial charge < -0.3 is 4.90 Å². The summed E-state index contributed by atoms with van der Waals surface area (Å²) < 4.78 is 2.17. The zero-order valence-corrected chi connectivity index (χ0v) is 44.6. The largest absolute Gasteiger partial charge is 0.310 e. The van der Waals surface area contributed by atoms with Crippen LogP contribution in [0.3, 0.4) is 0 Å². The van der Waals surface area contributed by atoms with E-state index in [4.69, 9.17) is 9.98 Å². The number of aryl methyl sites for hydroxylation is 7. The van der Waals surface area contributed by atoms with Crippen molar-refractivity contribution in [1.82, 2.24) is 9.55 Å². The average molecular weight is 925 g/mol. The van der Waals surface area contributed by atoms with Gasteiger partial charge in [-0.25, -0.2) is 4.98 Å². The molecule has 11 rings (SSSR count). The highest BCUT2D eigenvalue weighted by Crippen LogP contribution is 2.68. The van der Waals surface area contributed by atoms with Crippen molar-refractivity contribution in [2.45, 2.75) is 138 Å². The molecule has 1 aliphatic carbocycles. The van der Waals surface area contributed by atoms with Gasteiger partial charge >= 0.3 is 0 Å². The van der Waals surface area contributed by atoms with Crippen molar-refractivity contribution in [3.63, 3.8) is 0 Å². The van der Waals surface area contributed by atoms with Gasteiger partial charge in [0.1, 0.15) is 5.82 Å². The van der Waals surface area contributed by atoms with Crippen LogP contribution in [-0.2, 0) is 22.0 Å². The van der Waals surface area contributed by atoms with Crippen molar-refractivity contribution in [3.8, 4) is 16.9 Å². The first-order chi connectivity index (χ1) is 32.4. The molecule has 350 valence electrons. The maximum Gasteiger partial charge on any atom is 0.137 e. The van der Waals surface area contributed by atoms with E-state index in [9.17, 15) is 0 Å². The summed E-state index contributed by atoms with van der Waals surface area (Å²) in [4.78, 5) is 13.7. The van der Waals surface area contributed by atoms with Crippen LogP contribution in [0.2, 0.25) is 0 Å². The van der Waals surface area contributed by atoms with Crippen LogP contribution in [0.5, 0.6) is 0 Å². The molecule has 69 heavy (non-hydrogen) atoms. The topological polar surface area (TPSA) is 33.4 Å². The molecule has 0 fully saturated rings. The van der Waals surface area contributed by atoms with E-state index in [0.29, 0.717) is 0 Å². The van der Waals surface area contributed by atoms with Crippen molar-refractivity contribution in [2.75, 3.05) is 4.90 Å². The van der Waals surface area contributed by atoms with Crippen LogP contribution >= 0.6 is 11.8 Å². The summed E-state index contributed by atoms with van der Waals surface area (Å²) in [5, 5.41) is 3.62. The monoisotopic (exact) mass is 925 g/mol. The van der Waals surface area contributed by atoms with E-state index in [2.05, 4.69) is 223 Å². The second-order valence-corrected chi connectivity index (χ2v) is 25.1. The minimum atomic E-state index is -0.318. The maximum absolute atomic E-state index is 5.96. The second kappa shape index (κ2) is 15.0. The van der Waals surface area contributed by atoms with Crippen molar-refractivity contribution in [2.24, 2.45) is 10.4 Å². The summed E-state index contributed by atoms with van der Waals surface area (Å²) in [7, 11) is 0. The average Bonchev–Trinajstić information content (AvgIpc) is 3.84. The Labute approximate surface area is 415 Å². The molecule has 2 atom stereocenters. The van der Waals surface area contributed by atoms with Crippen LogP contribution in [-0.4, -0.2) is 20.1 Å². The zero-order chi connectivity index (χ0) is 49.1. The van der Waals surface area contributed by atoms with Crippen molar-refractivity contribution in [1.29, 1.82) is 0 Å². The molecule has 4 heterocycles. The molecule has 4 nitrogen and oxygen atoms in total. The van der Waals surface area contributed by atoms with Crippen LogP contribution in [0.15, 0.2) is 114 Å². The number of hydrogen-bond donors (Lipinski definition) is 0. The van der Waals surface area contributed by atoms with Gasteiger partial charge in [-0.3, -0.25) is 9.56 Å². The zero-order valence-electron chi connectivity index (χ0n) is 43.8. The van der Waals surface area contributed by atoms with E-state index < -0.39 is 0 Å². The van der Waals surface area contributed by atoms with E-state index in [0.717, 1.165) is 28.5 Å². The van der Waals surface area contributed by atoms with Gasteiger partial charge in [-0.05, 0) is 195 Å². The highest BCUT2D eigenvalue weighted by Gasteiger charge is 2.65. The van der Waals surface area contributed by atoms with Crippen molar-refractivity contribution < 1.29 is 0 Å². The minimum Gasteiger partial charge on any atom is -0.310 e. The Kier molecular flexibility index (Phi) is 9.93. The van der Waals surface area contributed by atoms with Gasteiger partial charge in [-0.2, -0.15) is 0 Å². The quantitative estimate of drug-likeness (QED) is 0.176. The second-order valence-electron chi connectivity index (χ2n) is 23.9. The lowest BCUT2D eigenvalue weighted by Crippen LogP contribution is -2.49. The maximum atomic E-state index is 5.96. The fourth-order valence-corrected chi connectivity index (χ4v) is 14.7. The molecule has 5 heteroatoms. The number of thioether (sulfide) groups is 1. The Morgan fingerprint density at radius 1 is 0.565 bits per heavy atom. The lowest BCUT2D eigenvalue weighted by Gasteiger charge is -2.46. The number of aromatic nitrogens is 2. The first kappa shape index (κ1) is 45.5. The van der Waals surface area contributed by atoms with Gasteiger partial charge in [0.25, 0.3) is 0 Å². The van der Waals surface area contributed by atoms with Gasteiger partial charge in [-0.15, -0.1) is 0 Å². The number of rotatable bonds is 4. The molecule has 0 bridgehead atoms. The standard InChI is InChI=1S/C64H68N4S/c1-36-17-19-53-48(25-36)49-33-52-56(34-55(49)68(53)57-32-46(21-22-65-57)60(8,9)10)67(54-20-18-37(2)26-51(54)62(52,14)15)47-30-43(58-41(6)23-38(3)24-42(58)7)29-44(31-47)59-66-63(16)35-45-27-39(4)40(5)28-50(45)64(63,69-59)61(11,12)13/h17-34H,35H2,1-16H3/t63-,64-/m1/s1. The third-order valence-electron chi connectivity index (χ3n) is 16.3. The summed E-state index contributed by atoms with van der Waals surface area (Å²) >= 11 is 2.02. The predicted octanol–water partition coefficient (Wildman–Crippen LogP) is 17.2. The fourth-order valence-electron chi connectivity index (χ4n) is 12.9. The molecule has 0 spiro atoms. The van der Waals surface area contributed by atoms with Crippen LogP contribution in [0.4, 0.5) is 17.1 Å². The summed E-state index contributed by atoms with van der Waals surface area (Å²) in [6.45, 7) is 37.2. The third kappa shape index (κ3) is 6.69. The molecule has 2 aromatic heterocycles. The molecule has 6 aromatic carbocycles. The molecule has 0 saturated carbocycles. The minimum absolute atomic E-state index is 0.0301. The van der Waals surface area contributed by atoms with Crippen LogP contribution < -0.4 is 4.90 Å². The Bertz CT molecular complexity index is 3530. The number of pyridine rings is 1. The van der Waals surface area contributed by atoms with Crippen molar-refractivity contribution in [3.05, 3.63) is 182 Å². The summed E-state index contributed by atoms with van der Waals surface area (Å²) in [6, 6.07) is 40.4. The predicted molar refractivity (Wildman–Crippen MR) is 296 cm³/mol. The summed E-state index contributed by atoms with van der Waals surface area (Å²) in [5.41, 5.74) is 24.7. The molecular formula is C64H68N4S. The summed E-state index contributed by atoms with van der Waals surface area (Å²) in [6.07, 6.45) is 2.91. The van der Waals surface area contributed by atoms with Gasteiger partial charge in [0.2, 0.25) is 0 Å². The summed E-state index contributed by atoms with van der Waals surface area (Å²) in [5.74, 6) is 0.938. The number of benzene rings is 6. The molecule has 0 amide bonds. The van der Waals surface area contributed by atoms with E-state index in [1.165, 1.54) is 111 Å². The molecule has 0 N–H and O–H groups in total. The van der Waals surface area contributed by atoms with Gasteiger partial charge in [0.15, 0.2) is 0 Å². The highest BCUT2D eigenvalue weighted by molar-refractivity contribution is 8.15. The van der Waals surface area contributed by atoms with E-state index in [1.54, 1.807) is 0 Å². The van der Waals surface area contributed by atoms with E-state index in [-0.39, 0.29) is 26.5 Å². The van der Waals surface area contributed by atoms with Gasteiger partial charge in [-0.1, -0.05) is 126 Å². The third-order valence-corrected chi connectivity index (χ3v) is 18.4. The number of fused-ring (bicyclic) bond motifs is 8. The molecular weight excluding hydrogens is 857 g/mol. The normalized spacial score (nSPS) is 19.5. The van der Waals surface area contributed by atoms with E-state index >= 15 is 0 Å². The first-order valence-electron chi connectivity index (χ1n) is 25.0. The lowest BCUT2D eigenvalue weighted by atomic mass is 9.68.